The highest BCUT2D eigenvalue weighted by Crippen LogP contribution is 2.06. The summed E-state index contributed by atoms with van der Waals surface area (Å²) in [6.45, 7) is 7.57. The quantitative estimate of drug-likeness (QED) is 0.711. The van der Waals surface area contributed by atoms with Gasteiger partial charge in [-0.3, -0.25) is 4.79 Å². The van der Waals surface area contributed by atoms with Gasteiger partial charge in [0.1, 0.15) is 0 Å². The second-order valence-corrected chi connectivity index (χ2v) is 4.32. The number of halogens is 1. The van der Waals surface area contributed by atoms with Crippen molar-refractivity contribution in [3.05, 3.63) is 11.6 Å². The zero-order chi connectivity index (χ0) is 10.5. The second kappa shape index (κ2) is 5.25. The Morgan fingerprint density at radius 2 is 2.15 bits per heavy atom. The fourth-order valence-corrected chi connectivity index (χ4v) is 0.785. The van der Waals surface area contributed by atoms with Crippen LogP contribution in [0.25, 0.3) is 0 Å². The number of hydrogen-bond acceptors (Lipinski definition) is 2. The van der Waals surface area contributed by atoms with Crippen molar-refractivity contribution in [3.63, 3.8) is 0 Å². The van der Waals surface area contributed by atoms with Gasteiger partial charge in [0.2, 0.25) is 5.91 Å². The summed E-state index contributed by atoms with van der Waals surface area (Å²) in [5.41, 5.74) is 5.42. The molecule has 0 aromatic rings. The van der Waals surface area contributed by atoms with Crippen molar-refractivity contribution in [3.8, 4) is 0 Å². The van der Waals surface area contributed by atoms with Crippen LogP contribution in [-0.4, -0.2) is 18.0 Å². The molecule has 0 aromatic carbocycles. The summed E-state index contributed by atoms with van der Waals surface area (Å²) < 4.78 is 0. The zero-order valence-electron chi connectivity index (χ0n) is 8.19. The first-order chi connectivity index (χ1) is 5.81. The van der Waals surface area contributed by atoms with E-state index in [1.807, 2.05) is 13.8 Å². The summed E-state index contributed by atoms with van der Waals surface area (Å²) in [5.74, 6) is -0.0414. The van der Waals surface area contributed by atoms with Crippen LogP contribution in [0.3, 0.4) is 0 Å². The number of nitrogens with one attached hydrogen (secondary N) is 1. The van der Waals surface area contributed by atoms with Crippen LogP contribution in [-0.2, 0) is 4.79 Å². The van der Waals surface area contributed by atoms with E-state index in [2.05, 4.69) is 11.9 Å². The van der Waals surface area contributed by atoms with Gasteiger partial charge in [0.25, 0.3) is 0 Å². The third kappa shape index (κ3) is 9.37. The van der Waals surface area contributed by atoms with E-state index in [-0.39, 0.29) is 11.4 Å². The molecule has 0 saturated carbocycles. The van der Waals surface area contributed by atoms with E-state index < -0.39 is 0 Å². The lowest BCUT2D eigenvalue weighted by molar-refractivity contribution is -0.121. The molecule has 0 bridgehead atoms. The maximum atomic E-state index is 11.1. The predicted octanol–water partition coefficient (Wildman–Crippen LogP) is 1.37. The monoisotopic (exact) mass is 204 g/mol. The minimum absolute atomic E-state index is 0.0414. The van der Waals surface area contributed by atoms with Crippen LogP contribution in [0.4, 0.5) is 0 Å². The van der Waals surface area contributed by atoms with Crippen molar-refractivity contribution in [2.75, 3.05) is 6.54 Å². The van der Waals surface area contributed by atoms with E-state index in [1.165, 1.54) is 0 Å². The predicted molar refractivity (Wildman–Crippen MR) is 55.5 cm³/mol. The summed E-state index contributed by atoms with van der Waals surface area (Å²) in [6, 6.07) is 0. The molecule has 13 heavy (non-hydrogen) atoms. The molecule has 0 aromatic heterocycles. The lowest BCUT2D eigenvalue weighted by Gasteiger charge is -2.17. The van der Waals surface area contributed by atoms with Crippen molar-refractivity contribution < 1.29 is 4.79 Å². The van der Waals surface area contributed by atoms with E-state index in [4.69, 9.17) is 17.3 Å². The van der Waals surface area contributed by atoms with Crippen LogP contribution in [0.15, 0.2) is 11.6 Å². The van der Waals surface area contributed by atoms with Crippen LogP contribution >= 0.6 is 11.6 Å². The molecule has 3 nitrogen and oxygen atoms in total. The van der Waals surface area contributed by atoms with E-state index >= 15 is 0 Å². The third-order valence-corrected chi connectivity index (χ3v) is 1.61. The van der Waals surface area contributed by atoms with Crippen LogP contribution in [0.5, 0.6) is 0 Å². The van der Waals surface area contributed by atoms with E-state index in [0.717, 1.165) is 0 Å². The molecule has 0 heterocycles. The Balaban J connectivity index is 3.58. The standard InChI is InChI=1S/C9H17ClN2O/c1-7(10)6-12-8(13)4-5-9(2,3)11/h1,4-6,11H2,2-3H3,(H,12,13). The van der Waals surface area contributed by atoms with Gasteiger partial charge >= 0.3 is 0 Å². The highest BCUT2D eigenvalue weighted by Gasteiger charge is 2.12. The van der Waals surface area contributed by atoms with Gasteiger partial charge in [0.15, 0.2) is 0 Å². The molecule has 0 unspecified atom stereocenters. The average Bonchev–Trinajstić information content (AvgIpc) is 1.95. The topological polar surface area (TPSA) is 55.1 Å². The van der Waals surface area contributed by atoms with Gasteiger partial charge in [-0.15, -0.1) is 0 Å². The lowest BCUT2D eigenvalue weighted by Crippen LogP contribution is -2.34. The van der Waals surface area contributed by atoms with Crippen molar-refractivity contribution in [2.24, 2.45) is 5.73 Å². The summed E-state index contributed by atoms with van der Waals surface area (Å²) in [7, 11) is 0. The number of hydrogen-bond donors (Lipinski definition) is 2. The van der Waals surface area contributed by atoms with Gasteiger partial charge in [-0.2, -0.15) is 0 Å². The van der Waals surface area contributed by atoms with Gasteiger partial charge in [-0.1, -0.05) is 18.2 Å². The fourth-order valence-electron chi connectivity index (χ4n) is 0.719. The molecule has 0 radical (unpaired) electrons. The Morgan fingerprint density at radius 1 is 1.62 bits per heavy atom. The van der Waals surface area contributed by atoms with Crippen molar-refractivity contribution in [2.45, 2.75) is 32.2 Å². The highest BCUT2D eigenvalue weighted by molar-refractivity contribution is 6.29. The first-order valence-electron chi connectivity index (χ1n) is 4.20. The molecule has 0 fully saturated rings. The SMILES string of the molecule is C=C(Cl)CNC(=O)CCC(C)(C)N. The molecule has 4 heteroatoms. The Bertz CT molecular complexity index is 196. The van der Waals surface area contributed by atoms with E-state index in [1.54, 1.807) is 0 Å². The first kappa shape index (κ1) is 12.5. The summed E-state index contributed by atoms with van der Waals surface area (Å²) in [4.78, 5) is 11.1. The highest BCUT2D eigenvalue weighted by atomic mass is 35.5. The van der Waals surface area contributed by atoms with E-state index in [9.17, 15) is 4.79 Å². The Hall–Kier alpha value is -0.540. The first-order valence-corrected chi connectivity index (χ1v) is 4.58. The van der Waals surface area contributed by atoms with Crippen molar-refractivity contribution in [1.29, 1.82) is 0 Å². The van der Waals surface area contributed by atoms with Gasteiger partial charge in [-0.25, -0.2) is 0 Å². The maximum absolute atomic E-state index is 11.1. The molecular weight excluding hydrogens is 188 g/mol. The number of rotatable bonds is 5. The molecular formula is C9H17ClN2O. The Labute approximate surface area is 84.3 Å². The maximum Gasteiger partial charge on any atom is 0.220 e. The molecule has 76 valence electrons. The number of carbonyl (C=O) groups is 1. The van der Waals surface area contributed by atoms with Gasteiger partial charge in [-0.05, 0) is 20.3 Å². The Kier molecular flexibility index (Phi) is 5.03. The van der Waals surface area contributed by atoms with Gasteiger partial charge in [0.05, 0.1) is 6.54 Å². The van der Waals surface area contributed by atoms with Gasteiger partial charge in [0, 0.05) is 17.0 Å². The molecule has 0 aliphatic carbocycles. The molecule has 0 spiro atoms. The average molecular weight is 205 g/mol. The molecule has 0 aliphatic heterocycles. The minimum Gasteiger partial charge on any atom is -0.351 e. The molecule has 0 saturated heterocycles. The van der Waals surface area contributed by atoms with Crippen molar-refractivity contribution in [1.82, 2.24) is 5.32 Å². The second-order valence-electron chi connectivity index (χ2n) is 3.78. The normalized spacial score (nSPS) is 11.1. The summed E-state index contributed by atoms with van der Waals surface area (Å²) >= 11 is 5.48. The Morgan fingerprint density at radius 3 is 2.54 bits per heavy atom. The summed E-state index contributed by atoms with van der Waals surface area (Å²) in [5, 5.41) is 3.06. The van der Waals surface area contributed by atoms with E-state index in [0.29, 0.717) is 24.4 Å². The largest absolute Gasteiger partial charge is 0.351 e. The third-order valence-electron chi connectivity index (χ3n) is 1.47. The zero-order valence-corrected chi connectivity index (χ0v) is 8.95. The van der Waals surface area contributed by atoms with Crippen LogP contribution < -0.4 is 11.1 Å². The number of carbonyl (C=O) groups excluding carboxylic acids is 1. The molecule has 0 rings (SSSR count). The minimum atomic E-state index is -0.296. The fraction of sp³-hybridized carbons (Fsp3) is 0.667. The number of amides is 1. The molecule has 0 atom stereocenters. The van der Waals surface area contributed by atoms with Crippen molar-refractivity contribution >= 4 is 17.5 Å². The molecule has 0 aliphatic rings. The smallest absolute Gasteiger partial charge is 0.220 e. The molecule has 1 amide bonds. The number of nitrogens with two attached hydrogens (primary N) is 1. The molecule has 3 N–H and O–H groups in total. The summed E-state index contributed by atoms with van der Waals surface area (Å²) in [6.07, 6.45) is 1.08. The van der Waals surface area contributed by atoms with Crippen LogP contribution in [0.1, 0.15) is 26.7 Å². The van der Waals surface area contributed by atoms with Gasteiger partial charge < -0.3 is 11.1 Å². The lowest BCUT2D eigenvalue weighted by atomic mass is 10.00. The van der Waals surface area contributed by atoms with Crippen LogP contribution in [0.2, 0.25) is 0 Å². The van der Waals surface area contributed by atoms with Crippen LogP contribution in [0, 0.1) is 0 Å².